The fourth-order valence-corrected chi connectivity index (χ4v) is 1.92. The summed E-state index contributed by atoms with van der Waals surface area (Å²) in [6.45, 7) is 4.10. The van der Waals surface area contributed by atoms with Crippen LogP contribution in [0.3, 0.4) is 0 Å². The maximum atomic E-state index is 11.1. The number of aromatic carboxylic acids is 1. The lowest BCUT2D eigenvalue weighted by Gasteiger charge is -2.07. The molecule has 0 radical (unpaired) electrons. The van der Waals surface area contributed by atoms with Crippen LogP contribution in [0.25, 0.3) is 5.65 Å². The van der Waals surface area contributed by atoms with Gasteiger partial charge in [-0.1, -0.05) is 13.8 Å². The van der Waals surface area contributed by atoms with E-state index in [1.807, 2.05) is 19.9 Å². The average molecular weight is 260 g/mol. The van der Waals surface area contributed by atoms with E-state index >= 15 is 0 Å². The molecule has 100 valence electrons. The van der Waals surface area contributed by atoms with E-state index in [1.165, 1.54) is 0 Å². The Kier molecular flexibility index (Phi) is 2.66. The third-order valence-electron chi connectivity index (χ3n) is 3.19. The van der Waals surface area contributed by atoms with Crippen molar-refractivity contribution in [3.63, 3.8) is 0 Å². The van der Waals surface area contributed by atoms with Crippen molar-refractivity contribution in [2.45, 2.75) is 38.6 Å². The summed E-state index contributed by atoms with van der Waals surface area (Å²) >= 11 is 0. The Morgan fingerprint density at radius 2 is 2.21 bits per heavy atom. The summed E-state index contributed by atoms with van der Waals surface area (Å²) in [5.41, 5.74) is 1.53. The van der Waals surface area contributed by atoms with Crippen molar-refractivity contribution >= 4 is 17.4 Å². The fraction of sp³-hybridized carbons (Fsp3) is 0.462. The van der Waals surface area contributed by atoms with Crippen LogP contribution in [0.5, 0.6) is 0 Å². The predicted octanol–water partition coefficient (Wildman–Crippen LogP) is 2.13. The van der Waals surface area contributed by atoms with Gasteiger partial charge in [0.1, 0.15) is 5.82 Å². The quantitative estimate of drug-likeness (QED) is 0.880. The Morgan fingerprint density at radius 3 is 2.79 bits per heavy atom. The number of hydrogen-bond donors (Lipinski definition) is 2. The molecular weight excluding hydrogens is 244 g/mol. The minimum Gasteiger partial charge on any atom is -0.477 e. The zero-order valence-corrected chi connectivity index (χ0v) is 10.9. The van der Waals surface area contributed by atoms with Crippen molar-refractivity contribution in [1.29, 1.82) is 0 Å². The minimum absolute atomic E-state index is 0.0471. The number of aromatic nitrogens is 3. The van der Waals surface area contributed by atoms with Crippen molar-refractivity contribution in [2.24, 2.45) is 0 Å². The summed E-state index contributed by atoms with van der Waals surface area (Å²) in [7, 11) is 0. The van der Waals surface area contributed by atoms with Crippen LogP contribution >= 0.6 is 0 Å². The van der Waals surface area contributed by atoms with Crippen LogP contribution in [0.15, 0.2) is 12.1 Å². The molecule has 2 aromatic heterocycles. The highest BCUT2D eigenvalue weighted by Gasteiger charge is 2.23. The second kappa shape index (κ2) is 4.22. The number of anilines is 1. The van der Waals surface area contributed by atoms with Crippen molar-refractivity contribution in [1.82, 2.24) is 14.6 Å². The van der Waals surface area contributed by atoms with Crippen molar-refractivity contribution in [3.8, 4) is 0 Å². The van der Waals surface area contributed by atoms with Crippen LogP contribution in [0.2, 0.25) is 0 Å². The highest BCUT2D eigenvalue weighted by Crippen LogP contribution is 2.26. The first-order valence-corrected chi connectivity index (χ1v) is 6.45. The van der Waals surface area contributed by atoms with E-state index in [0.29, 0.717) is 17.5 Å². The first-order chi connectivity index (χ1) is 9.04. The summed E-state index contributed by atoms with van der Waals surface area (Å²) in [6, 6.07) is 3.82. The van der Waals surface area contributed by atoms with Gasteiger partial charge in [-0.3, -0.25) is 0 Å². The molecule has 1 aliphatic carbocycles. The zero-order chi connectivity index (χ0) is 13.6. The van der Waals surface area contributed by atoms with Crippen LogP contribution in [0, 0.1) is 0 Å². The number of carboxylic acids is 1. The zero-order valence-electron chi connectivity index (χ0n) is 10.9. The van der Waals surface area contributed by atoms with Gasteiger partial charge in [0.25, 0.3) is 0 Å². The van der Waals surface area contributed by atoms with Gasteiger partial charge in [0.2, 0.25) is 0 Å². The lowest BCUT2D eigenvalue weighted by Crippen LogP contribution is -2.11. The van der Waals surface area contributed by atoms with Gasteiger partial charge in [0.15, 0.2) is 11.3 Å². The predicted molar refractivity (Wildman–Crippen MR) is 70.7 cm³/mol. The Labute approximate surface area is 110 Å². The third-order valence-corrected chi connectivity index (χ3v) is 3.19. The summed E-state index contributed by atoms with van der Waals surface area (Å²) in [5, 5.41) is 16.9. The SMILES string of the molecule is CC(C)c1cc2nc(C(=O)O)cc(NC3CC3)n2n1. The van der Waals surface area contributed by atoms with E-state index in [0.717, 1.165) is 18.5 Å². The highest BCUT2D eigenvalue weighted by molar-refractivity contribution is 5.87. The van der Waals surface area contributed by atoms with Crippen molar-refractivity contribution < 1.29 is 9.90 Å². The van der Waals surface area contributed by atoms with Gasteiger partial charge < -0.3 is 10.4 Å². The van der Waals surface area contributed by atoms with E-state index in [2.05, 4.69) is 15.4 Å². The van der Waals surface area contributed by atoms with Gasteiger partial charge in [-0.15, -0.1) is 0 Å². The molecule has 0 saturated heterocycles. The number of carboxylic acid groups (broad SMARTS) is 1. The highest BCUT2D eigenvalue weighted by atomic mass is 16.4. The number of rotatable bonds is 4. The Bertz CT molecular complexity index is 643. The molecule has 0 aliphatic heterocycles. The first kappa shape index (κ1) is 12.0. The third kappa shape index (κ3) is 2.25. The minimum atomic E-state index is -1.02. The second-order valence-corrected chi connectivity index (χ2v) is 5.24. The Morgan fingerprint density at radius 1 is 1.47 bits per heavy atom. The van der Waals surface area contributed by atoms with Crippen molar-refractivity contribution in [2.75, 3.05) is 5.32 Å². The smallest absolute Gasteiger partial charge is 0.354 e. The molecule has 3 rings (SSSR count). The maximum Gasteiger partial charge on any atom is 0.354 e. The van der Waals surface area contributed by atoms with Crippen LogP contribution in [0.1, 0.15) is 48.8 Å². The lowest BCUT2D eigenvalue weighted by atomic mass is 10.1. The molecule has 0 atom stereocenters. The Hall–Kier alpha value is -2.11. The summed E-state index contributed by atoms with van der Waals surface area (Å²) < 4.78 is 1.69. The molecule has 1 fully saturated rings. The number of nitrogens with zero attached hydrogens (tertiary/aromatic N) is 3. The fourth-order valence-electron chi connectivity index (χ4n) is 1.92. The molecular formula is C13H16N4O2. The topological polar surface area (TPSA) is 79.5 Å². The van der Waals surface area contributed by atoms with Gasteiger partial charge >= 0.3 is 5.97 Å². The van der Waals surface area contributed by atoms with E-state index in [4.69, 9.17) is 5.11 Å². The molecule has 2 heterocycles. The monoisotopic (exact) mass is 260 g/mol. The van der Waals surface area contributed by atoms with Gasteiger partial charge in [-0.25, -0.2) is 9.78 Å². The molecule has 6 nitrogen and oxygen atoms in total. The van der Waals surface area contributed by atoms with Gasteiger partial charge in [0, 0.05) is 18.2 Å². The normalized spacial score (nSPS) is 15.1. The molecule has 2 aromatic rings. The van der Waals surface area contributed by atoms with E-state index in [1.54, 1.807) is 10.6 Å². The molecule has 1 aliphatic rings. The molecule has 0 aromatic carbocycles. The largest absolute Gasteiger partial charge is 0.477 e. The lowest BCUT2D eigenvalue weighted by molar-refractivity contribution is 0.0690. The van der Waals surface area contributed by atoms with Crippen molar-refractivity contribution in [3.05, 3.63) is 23.5 Å². The molecule has 1 saturated carbocycles. The first-order valence-electron chi connectivity index (χ1n) is 6.45. The summed E-state index contributed by atoms with van der Waals surface area (Å²) in [5.74, 6) is -0.0332. The standard InChI is InChI=1S/C13H16N4O2/c1-7(2)9-5-12-15-10(13(18)19)6-11(17(12)16-9)14-8-3-4-8/h5-8,14H,3-4H2,1-2H3,(H,18,19). The molecule has 0 amide bonds. The number of hydrogen-bond acceptors (Lipinski definition) is 4. The van der Waals surface area contributed by atoms with Crippen LogP contribution in [-0.2, 0) is 0 Å². The maximum absolute atomic E-state index is 11.1. The summed E-state index contributed by atoms with van der Waals surface area (Å²) in [6.07, 6.45) is 2.23. The number of carbonyl (C=O) groups is 1. The van der Waals surface area contributed by atoms with Crippen LogP contribution in [-0.4, -0.2) is 31.7 Å². The van der Waals surface area contributed by atoms with Gasteiger partial charge in [0.05, 0.1) is 5.69 Å². The van der Waals surface area contributed by atoms with Crippen LogP contribution in [0.4, 0.5) is 5.82 Å². The molecule has 0 bridgehead atoms. The number of nitrogens with one attached hydrogen (secondary N) is 1. The summed E-state index contributed by atoms with van der Waals surface area (Å²) in [4.78, 5) is 15.2. The average Bonchev–Trinajstić information content (AvgIpc) is 3.04. The van der Waals surface area contributed by atoms with Crippen LogP contribution < -0.4 is 5.32 Å². The second-order valence-electron chi connectivity index (χ2n) is 5.24. The molecule has 19 heavy (non-hydrogen) atoms. The molecule has 6 heteroatoms. The van der Waals surface area contributed by atoms with E-state index in [-0.39, 0.29) is 11.6 Å². The Balaban J connectivity index is 2.14. The number of fused-ring (bicyclic) bond motifs is 1. The van der Waals surface area contributed by atoms with Gasteiger partial charge in [-0.2, -0.15) is 9.61 Å². The van der Waals surface area contributed by atoms with E-state index < -0.39 is 5.97 Å². The molecule has 0 spiro atoms. The molecule has 2 N–H and O–H groups in total. The molecule has 0 unspecified atom stereocenters. The van der Waals surface area contributed by atoms with Gasteiger partial charge in [-0.05, 0) is 18.8 Å². The van der Waals surface area contributed by atoms with E-state index in [9.17, 15) is 4.79 Å².